The lowest BCUT2D eigenvalue weighted by Gasteiger charge is -2.25. The van der Waals surface area contributed by atoms with Crippen molar-refractivity contribution in [1.29, 1.82) is 0 Å². The van der Waals surface area contributed by atoms with Crippen molar-refractivity contribution in [3.8, 4) is 0 Å². The van der Waals surface area contributed by atoms with Crippen LogP contribution in [0.25, 0.3) is 11.0 Å². The van der Waals surface area contributed by atoms with Crippen LogP contribution in [0.3, 0.4) is 0 Å². The van der Waals surface area contributed by atoms with Gasteiger partial charge in [0.15, 0.2) is 0 Å². The van der Waals surface area contributed by atoms with Crippen LogP contribution in [-0.2, 0) is 17.8 Å². The van der Waals surface area contributed by atoms with Crippen LogP contribution in [0.15, 0.2) is 40.9 Å². The first-order valence-electron chi connectivity index (χ1n) is 11.2. The fraction of sp³-hybridized carbons (Fsp3) is 0.440. The zero-order valence-corrected chi connectivity index (χ0v) is 19.9. The number of halogens is 1. The molecule has 3 aromatic rings. The van der Waals surface area contributed by atoms with Crippen LogP contribution in [0, 0.1) is 12.8 Å². The van der Waals surface area contributed by atoms with Crippen molar-refractivity contribution in [2.75, 3.05) is 25.5 Å². The Bertz CT molecular complexity index is 1080. The number of aryl methyl sites for hydroxylation is 1. The minimum Gasteiger partial charge on any atom is -0.459 e. The predicted octanol–water partition coefficient (Wildman–Crippen LogP) is 4.64. The van der Waals surface area contributed by atoms with Gasteiger partial charge in [-0.2, -0.15) is 0 Å². The van der Waals surface area contributed by atoms with Gasteiger partial charge in [0.2, 0.25) is 5.91 Å². The molecule has 3 heterocycles. The third-order valence-corrected chi connectivity index (χ3v) is 6.53. The van der Waals surface area contributed by atoms with E-state index in [2.05, 4.69) is 54.3 Å². The molecule has 0 radical (unpaired) electrons. The van der Waals surface area contributed by atoms with E-state index >= 15 is 0 Å². The maximum Gasteiger partial charge on any atom is 0.230 e. The average molecular weight is 457 g/mol. The molecule has 6 nitrogen and oxygen atoms in total. The normalized spacial score (nSPS) is 16.5. The zero-order valence-electron chi connectivity index (χ0n) is 19.1. The van der Waals surface area contributed by atoms with Gasteiger partial charge in [-0.15, -0.1) is 12.4 Å². The fourth-order valence-electron chi connectivity index (χ4n) is 4.47. The van der Waals surface area contributed by atoms with Gasteiger partial charge in [-0.1, -0.05) is 31.2 Å². The molecule has 2 aromatic heterocycles. The van der Waals surface area contributed by atoms with Gasteiger partial charge in [0.25, 0.3) is 0 Å². The molecular weight excluding hydrogens is 424 g/mol. The average Bonchev–Trinajstić information content (AvgIpc) is 3.09. The van der Waals surface area contributed by atoms with Gasteiger partial charge in [-0.05, 0) is 68.5 Å². The molecule has 32 heavy (non-hydrogen) atoms. The van der Waals surface area contributed by atoms with Crippen molar-refractivity contribution in [3.63, 3.8) is 0 Å². The number of aromatic nitrogens is 1. The number of hydrogen-bond acceptors (Lipinski definition) is 5. The molecule has 4 rings (SSSR count). The van der Waals surface area contributed by atoms with Crippen LogP contribution in [0.1, 0.15) is 48.1 Å². The Balaban J connectivity index is 0.00000289. The summed E-state index contributed by atoms with van der Waals surface area (Å²) >= 11 is 0. The molecule has 2 unspecified atom stereocenters. The Morgan fingerprint density at radius 2 is 2.12 bits per heavy atom. The SMILES string of the molecule is CCC(CCN(C)Cc1oc2ccccc2c1C)c1cnc2c(c1)CC(CN)C(=O)N2.Cl. The van der Waals surface area contributed by atoms with Crippen molar-refractivity contribution >= 4 is 35.1 Å². The molecule has 0 aliphatic carbocycles. The second-order valence-corrected chi connectivity index (χ2v) is 8.68. The van der Waals surface area contributed by atoms with Gasteiger partial charge in [0.05, 0.1) is 12.5 Å². The number of furan rings is 1. The van der Waals surface area contributed by atoms with Gasteiger partial charge >= 0.3 is 0 Å². The van der Waals surface area contributed by atoms with E-state index in [1.807, 2.05) is 18.3 Å². The lowest BCUT2D eigenvalue weighted by atomic mass is 9.89. The smallest absolute Gasteiger partial charge is 0.230 e. The van der Waals surface area contributed by atoms with Crippen LogP contribution in [0.2, 0.25) is 0 Å². The Morgan fingerprint density at radius 1 is 1.34 bits per heavy atom. The molecular formula is C25H33ClN4O2. The minimum atomic E-state index is -0.164. The number of rotatable bonds is 8. The summed E-state index contributed by atoms with van der Waals surface area (Å²) in [5, 5.41) is 4.08. The van der Waals surface area contributed by atoms with E-state index < -0.39 is 0 Å². The van der Waals surface area contributed by atoms with E-state index in [9.17, 15) is 4.79 Å². The number of amides is 1. The molecule has 2 atom stereocenters. The highest BCUT2D eigenvalue weighted by atomic mass is 35.5. The first kappa shape index (κ1) is 24.2. The van der Waals surface area contributed by atoms with E-state index in [1.54, 1.807) is 0 Å². The lowest BCUT2D eigenvalue weighted by Crippen LogP contribution is -2.35. The standard InChI is InChI=1S/C25H32N4O2.ClH/c1-4-17(20-12-18-11-19(13-26)25(30)28-24(18)27-14-20)9-10-29(3)15-23-16(2)21-7-5-6-8-22(21)31-23;/h5-8,12,14,17,19H,4,9-11,13,15,26H2,1-3H3,(H,27,28,30);1H. The number of para-hydroxylation sites is 1. The molecule has 172 valence electrons. The summed E-state index contributed by atoms with van der Waals surface area (Å²) in [6.45, 7) is 6.48. The summed E-state index contributed by atoms with van der Waals surface area (Å²) < 4.78 is 6.08. The molecule has 0 bridgehead atoms. The van der Waals surface area contributed by atoms with Crippen LogP contribution < -0.4 is 11.1 Å². The summed E-state index contributed by atoms with van der Waals surface area (Å²) in [4.78, 5) is 18.9. The van der Waals surface area contributed by atoms with E-state index in [0.29, 0.717) is 24.7 Å². The number of carbonyl (C=O) groups excluding carboxylic acids is 1. The quantitative estimate of drug-likeness (QED) is 0.515. The maximum atomic E-state index is 12.0. The van der Waals surface area contributed by atoms with Crippen molar-refractivity contribution in [2.24, 2.45) is 11.7 Å². The Kier molecular flexibility index (Phi) is 7.93. The molecule has 1 amide bonds. The first-order valence-corrected chi connectivity index (χ1v) is 11.2. The van der Waals surface area contributed by atoms with Crippen molar-refractivity contribution in [2.45, 2.75) is 45.6 Å². The monoisotopic (exact) mass is 456 g/mol. The van der Waals surface area contributed by atoms with Crippen LogP contribution in [-0.4, -0.2) is 35.9 Å². The van der Waals surface area contributed by atoms with E-state index in [1.165, 1.54) is 16.5 Å². The third kappa shape index (κ3) is 4.98. The maximum absolute atomic E-state index is 12.0. The molecule has 1 aromatic carbocycles. The Hall–Kier alpha value is -2.41. The molecule has 7 heteroatoms. The minimum absolute atomic E-state index is 0. The van der Waals surface area contributed by atoms with Crippen molar-refractivity contribution in [3.05, 3.63) is 59.0 Å². The second kappa shape index (κ2) is 10.5. The summed E-state index contributed by atoms with van der Waals surface area (Å²) in [6.07, 6.45) is 4.67. The Morgan fingerprint density at radius 3 is 2.84 bits per heavy atom. The van der Waals surface area contributed by atoms with Crippen molar-refractivity contribution < 1.29 is 9.21 Å². The van der Waals surface area contributed by atoms with Crippen LogP contribution >= 0.6 is 12.4 Å². The van der Waals surface area contributed by atoms with Gasteiger partial charge < -0.3 is 15.5 Å². The summed E-state index contributed by atoms with van der Waals surface area (Å²) in [6, 6.07) is 10.4. The number of benzene rings is 1. The molecule has 1 aliphatic heterocycles. The molecule has 0 fully saturated rings. The Labute approximate surface area is 196 Å². The lowest BCUT2D eigenvalue weighted by molar-refractivity contribution is -0.119. The molecule has 3 N–H and O–H groups in total. The number of nitrogens with two attached hydrogens (primary N) is 1. The van der Waals surface area contributed by atoms with Gasteiger partial charge in [0, 0.05) is 18.1 Å². The van der Waals surface area contributed by atoms with E-state index in [0.717, 1.165) is 42.8 Å². The summed E-state index contributed by atoms with van der Waals surface area (Å²) in [5.41, 5.74) is 10.3. The summed E-state index contributed by atoms with van der Waals surface area (Å²) in [7, 11) is 2.14. The van der Waals surface area contributed by atoms with E-state index in [-0.39, 0.29) is 24.2 Å². The van der Waals surface area contributed by atoms with Crippen LogP contribution in [0.4, 0.5) is 5.82 Å². The highest BCUT2D eigenvalue weighted by molar-refractivity contribution is 5.94. The number of anilines is 1. The molecule has 0 saturated carbocycles. The van der Waals surface area contributed by atoms with Gasteiger partial charge in [0.1, 0.15) is 17.2 Å². The fourth-order valence-corrected chi connectivity index (χ4v) is 4.47. The third-order valence-electron chi connectivity index (χ3n) is 6.53. The topological polar surface area (TPSA) is 84.4 Å². The molecule has 0 spiro atoms. The number of hydrogen-bond donors (Lipinski definition) is 2. The van der Waals surface area contributed by atoms with Gasteiger partial charge in [-0.3, -0.25) is 9.69 Å². The van der Waals surface area contributed by atoms with Gasteiger partial charge in [-0.25, -0.2) is 4.98 Å². The highest BCUT2D eigenvalue weighted by Gasteiger charge is 2.26. The van der Waals surface area contributed by atoms with Crippen molar-refractivity contribution in [1.82, 2.24) is 9.88 Å². The number of carbonyl (C=O) groups is 1. The number of nitrogens with one attached hydrogen (secondary N) is 1. The second-order valence-electron chi connectivity index (χ2n) is 8.68. The summed E-state index contributed by atoms with van der Waals surface area (Å²) in [5.74, 6) is 1.96. The molecule has 0 saturated heterocycles. The number of fused-ring (bicyclic) bond motifs is 2. The predicted molar refractivity (Wildman–Crippen MR) is 131 cm³/mol. The number of nitrogens with zero attached hydrogens (tertiary/aromatic N) is 2. The van der Waals surface area contributed by atoms with Crippen LogP contribution in [0.5, 0.6) is 0 Å². The largest absolute Gasteiger partial charge is 0.459 e. The highest BCUT2D eigenvalue weighted by Crippen LogP contribution is 2.30. The molecule has 1 aliphatic rings. The van der Waals surface area contributed by atoms with E-state index in [4.69, 9.17) is 10.2 Å². The zero-order chi connectivity index (χ0) is 22.0. The number of pyridine rings is 1. The first-order chi connectivity index (χ1) is 15.0.